The zero-order valence-corrected chi connectivity index (χ0v) is 8.26. The highest BCUT2D eigenvalue weighted by molar-refractivity contribution is 5.85. The van der Waals surface area contributed by atoms with E-state index in [0.29, 0.717) is 5.39 Å². The van der Waals surface area contributed by atoms with Crippen LogP contribution in [0.4, 0.5) is 5.69 Å². The third kappa shape index (κ3) is 1.40. The van der Waals surface area contributed by atoms with E-state index in [1.165, 1.54) is 25.1 Å². The number of aromatic hydroxyl groups is 1. The first-order valence-electron chi connectivity index (χ1n) is 4.41. The maximum atomic E-state index is 11.0. The maximum Gasteiger partial charge on any atom is 0.336 e. The average molecular weight is 221 g/mol. The third-order valence-electron chi connectivity index (χ3n) is 2.29. The predicted molar refractivity (Wildman–Crippen MR) is 55.5 cm³/mol. The molecule has 1 N–H and O–H groups in total. The fourth-order valence-electron chi connectivity index (χ4n) is 1.49. The van der Waals surface area contributed by atoms with E-state index in [0.717, 1.165) is 0 Å². The highest BCUT2D eigenvalue weighted by Crippen LogP contribution is 2.34. The van der Waals surface area contributed by atoms with E-state index in [4.69, 9.17) is 4.42 Å². The van der Waals surface area contributed by atoms with E-state index in [1.807, 2.05) is 0 Å². The number of phenolic OH excluding ortho intramolecular Hbond substituents is 1. The lowest BCUT2D eigenvalue weighted by Gasteiger charge is -2.03. The molecule has 0 unspecified atom stereocenters. The van der Waals surface area contributed by atoms with Gasteiger partial charge in [-0.25, -0.2) is 4.79 Å². The normalized spacial score (nSPS) is 10.6. The number of benzene rings is 1. The lowest BCUT2D eigenvalue weighted by Crippen LogP contribution is -1.97. The summed E-state index contributed by atoms with van der Waals surface area (Å²) in [6.45, 7) is 1.45. The van der Waals surface area contributed by atoms with Crippen molar-refractivity contribution >= 4 is 16.7 Å². The molecule has 0 radical (unpaired) electrons. The van der Waals surface area contributed by atoms with Crippen LogP contribution in [0.2, 0.25) is 0 Å². The van der Waals surface area contributed by atoms with E-state index in [2.05, 4.69) is 0 Å². The van der Waals surface area contributed by atoms with Crippen molar-refractivity contribution in [3.63, 3.8) is 0 Å². The van der Waals surface area contributed by atoms with Crippen LogP contribution >= 0.6 is 0 Å². The van der Waals surface area contributed by atoms with E-state index < -0.39 is 22.0 Å². The first kappa shape index (κ1) is 10.2. The van der Waals surface area contributed by atoms with Crippen molar-refractivity contribution in [3.8, 4) is 5.75 Å². The van der Waals surface area contributed by atoms with Gasteiger partial charge in [-0.05, 0) is 13.0 Å². The second-order valence-electron chi connectivity index (χ2n) is 3.30. The molecule has 6 heteroatoms. The van der Waals surface area contributed by atoms with Crippen molar-refractivity contribution < 1.29 is 14.4 Å². The molecule has 16 heavy (non-hydrogen) atoms. The number of rotatable bonds is 1. The van der Waals surface area contributed by atoms with Crippen LogP contribution in [-0.4, -0.2) is 10.0 Å². The minimum atomic E-state index is -0.688. The van der Waals surface area contributed by atoms with Gasteiger partial charge >= 0.3 is 11.3 Å². The molecule has 0 aliphatic carbocycles. The molecule has 0 spiro atoms. The molecular formula is C10H7NO5. The molecule has 0 aliphatic heterocycles. The van der Waals surface area contributed by atoms with Crippen LogP contribution in [0.15, 0.2) is 27.4 Å². The first-order chi connectivity index (χ1) is 7.50. The molecule has 6 nitrogen and oxygen atoms in total. The monoisotopic (exact) mass is 221 g/mol. The van der Waals surface area contributed by atoms with Gasteiger partial charge in [-0.1, -0.05) is 0 Å². The van der Waals surface area contributed by atoms with Crippen LogP contribution in [-0.2, 0) is 0 Å². The summed E-state index contributed by atoms with van der Waals surface area (Å²) in [5.74, 6) is -0.480. The standard InChI is InChI=1S/C10H7NO5/c1-5-9(13)7(11(14)15)4-6-2-3-8(12)16-10(5)6/h2-4,13H,1H3. The zero-order valence-electron chi connectivity index (χ0n) is 8.26. The summed E-state index contributed by atoms with van der Waals surface area (Å²) in [6, 6.07) is 3.75. The summed E-state index contributed by atoms with van der Waals surface area (Å²) in [4.78, 5) is 20.9. The fraction of sp³-hybridized carbons (Fsp3) is 0.100. The molecule has 1 aromatic heterocycles. The smallest absolute Gasteiger partial charge is 0.336 e. The van der Waals surface area contributed by atoms with Gasteiger partial charge in [-0.15, -0.1) is 0 Å². The zero-order chi connectivity index (χ0) is 11.9. The van der Waals surface area contributed by atoms with Crippen molar-refractivity contribution in [2.24, 2.45) is 0 Å². The molecule has 1 aromatic carbocycles. The number of nitro benzene ring substituents is 1. The summed E-state index contributed by atoms with van der Waals surface area (Å²) >= 11 is 0. The quantitative estimate of drug-likeness (QED) is 0.449. The second kappa shape index (κ2) is 3.34. The molecule has 0 amide bonds. The minimum absolute atomic E-state index is 0.163. The van der Waals surface area contributed by atoms with Gasteiger partial charge in [0.15, 0.2) is 0 Å². The number of hydrogen-bond acceptors (Lipinski definition) is 5. The first-order valence-corrected chi connectivity index (χ1v) is 4.41. The number of hydrogen-bond donors (Lipinski definition) is 1. The number of phenols is 1. The lowest BCUT2D eigenvalue weighted by molar-refractivity contribution is -0.385. The Morgan fingerprint density at radius 1 is 1.44 bits per heavy atom. The average Bonchev–Trinajstić information content (AvgIpc) is 2.23. The number of aryl methyl sites for hydroxylation is 1. The molecule has 0 saturated heterocycles. The topological polar surface area (TPSA) is 93.6 Å². The Labute approximate surface area is 88.9 Å². The van der Waals surface area contributed by atoms with Crippen molar-refractivity contribution in [3.05, 3.63) is 44.3 Å². The van der Waals surface area contributed by atoms with Crippen LogP contribution in [0, 0.1) is 17.0 Å². The summed E-state index contributed by atoms with van der Waals surface area (Å²) in [5, 5.41) is 20.6. The highest BCUT2D eigenvalue weighted by Gasteiger charge is 2.19. The Bertz CT molecular complexity index is 643. The van der Waals surface area contributed by atoms with E-state index in [1.54, 1.807) is 0 Å². The van der Waals surface area contributed by atoms with E-state index in [9.17, 15) is 20.0 Å². The van der Waals surface area contributed by atoms with Gasteiger partial charge in [-0.3, -0.25) is 10.1 Å². The largest absolute Gasteiger partial charge is 0.502 e. The SMILES string of the molecule is Cc1c(O)c([N+](=O)[O-])cc2ccc(=O)oc12. The minimum Gasteiger partial charge on any atom is -0.502 e. The van der Waals surface area contributed by atoms with Crippen LogP contribution in [0.25, 0.3) is 11.0 Å². The molecule has 0 saturated carbocycles. The molecule has 0 bridgehead atoms. The number of nitrogens with zero attached hydrogens (tertiary/aromatic N) is 1. The molecule has 1 heterocycles. The summed E-state index contributed by atoms with van der Waals surface area (Å²) < 4.78 is 4.87. The van der Waals surface area contributed by atoms with Gasteiger partial charge < -0.3 is 9.52 Å². The molecule has 0 fully saturated rings. The van der Waals surface area contributed by atoms with Crippen LogP contribution < -0.4 is 5.63 Å². The van der Waals surface area contributed by atoms with Crippen molar-refractivity contribution in [1.29, 1.82) is 0 Å². The van der Waals surface area contributed by atoms with Gasteiger partial charge in [-0.2, -0.15) is 0 Å². The van der Waals surface area contributed by atoms with E-state index >= 15 is 0 Å². The Morgan fingerprint density at radius 3 is 2.75 bits per heavy atom. The molecule has 2 aromatic rings. The summed E-state index contributed by atoms with van der Waals surface area (Å²) in [7, 11) is 0. The van der Waals surface area contributed by atoms with Crippen LogP contribution in [0.3, 0.4) is 0 Å². The Kier molecular flexibility index (Phi) is 2.12. The van der Waals surface area contributed by atoms with Gasteiger partial charge in [0.2, 0.25) is 5.75 Å². The van der Waals surface area contributed by atoms with Crippen molar-refractivity contribution in [2.75, 3.05) is 0 Å². The predicted octanol–water partition coefficient (Wildman–Crippen LogP) is 1.72. The van der Waals surface area contributed by atoms with E-state index in [-0.39, 0.29) is 11.1 Å². The van der Waals surface area contributed by atoms with Crippen LogP contribution in [0.1, 0.15) is 5.56 Å². The Hall–Kier alpha value is -2.37. The molecule has 0 aliphatic rings. The van der Waals surface area contributed by atoms with Crippen molar-refractivity contribution in [2.45, 2.75) is 6.92 Å². The van der Waals surface area contributed by atoms with Gasteiger partial charge in [0.05, 0.1) is 4.92 Å². The Balaban J connectivity index is 2.93. The highest BCUT2D eigenvalue weighted by atomic mass is 16.6. The number of nitro groups is 1. The van der Waals surface area contributed by atoms with Gasteiger partial charge in [0.1, 0.15) is 5.58 Å². The molecular weight excluding hydrogens is 214 g/mol. The Morgan fingerprint density at radius 2 is 2.12 bits per heavy atom. The second-order valence-corrected chi connectivity index (χ2v) is 3.30. The van der Waals surface area contributed by atoms with Gasteiger partial charge in [0, 0.05) is 23.1 Å². The van der Waals surface area contributed by atoms with Crippen LogP contribution in [0.5, 0.6) is 5.75 Å². The lowest BCUT2D eigenvalue weighted by atomic mass is 10.1. The molecule has 0 atom stereocenters. The molecule has 2 rings (SSSR count). The van der Waals surface area contributed by atoms with Crippen molar-refractivity contribution in [1.82, 2.24) is 0 Å². The molecule has 82 valence electrons. The van der Waals surface area contributed by atoms with Gasteiger partial charge in [0.25, 0.3) is 0 Å². The summed E-state index contributed by atoms with van der Waals surface area (Å²) in [5.41, 5.74) is -0.625. The third-order valence-corrected chi connectivity index (χ3v) is 2.29. The number of fused-ring (bicyclic) bond motifs is 1. The fourth-order valence-corrected chi connectivity index (χ4v) is 1.49. The maximum absolute atomic E-state index is 11.0. The summed E-state index contributed by atoms with van der Waals surface area (Å²) in [6.07, 6.45) is 0.